The number of hydrogen-bond donors (Lipinski definition) is 2. The van der Waals surface area contributed by atoms with Gasteiger partial charge < -0.3 is 0 Å². The van der Waals surface area contributed by atoms with Crippen molar-refractivity contribution in [2.24, 2.45) is 0 Å². The Bertz CT molecular complexity index is 841. The number of alkyl halides is 3. The largest absolute Gasteiger partial charge is 0.416 e. The Hall–Kier alpha value is -2.15. The van der Waals surface area contributed by atoms with Gasteiger partial charge in [0.05, 0.1) is 10.5 Å². The number of nitrogens with zero attached hydrogens (tertiary/aromatic N) is 2. The molecule has 1 aromatic rings. The van der Waals surface area contributed by atoms with E-state index in [1.807, 2.05) is 0 Å². The number of hydrazine groups is 1. The van der Waals surface area contributed by atoms with Gasteiger partial charge in [-0.3, -0.25) is 20.5 Å². The van der Waals surface area contributed by atoms with Crippen molar-refractivity contribution in [3.63, 3.8) is 0 Å². The predicted molar refractivity (Wildman–Crippen MR) is 93.8 cm³/mol. The van der Waals surface area contributed by atoms with E-state index in [9.17, 15) is 26.4 Å². The summed E-state index contributed by atoms with van der Waals surface area (Å²) in [6.07, 6.45) is -2.83. The van der Waals surface area contributed by atoms with Gasteiger partial charge in [0.15, 0.2) is 6.61 Å². The summed E-state index contributed by atoms with van der Waals surface area (Å²) in [6, 6.07) is 3.64. The van der Waals surface area contributed by atoms with Crippen LogP contribution in [0, 0.1) is 0 Å². The van der Waals surface area contributed by atoms with Gasteiger partial charge in [-0.25, -0.2) is 13.4 Å². The number of rotatable bonds is 7. The summed E-state index contributed by atoms with van der Waals surface area (Å²) in [5.74, 6) is -0.373. The van der Waals surface area contributed by atoms with Crippen molar-refractivity contribution in [2.75, 3.05) is 33.8 Å². The number of carbonyl (C=O) groups excluding carboxylic acids is 1. The zero-order chi connectivity index (χ0) is 20.9. The van der Waals surface area contributed by atoms with Crippen molar-refractivity contribution >= 4 is 15.9 Å². The molecule has 1 aliphatic rings. The van der Waals surface area contributed by atoms with E-state index in [0.29, 0.717) is 11.8 Å². The standard InChI is InChI=1S/C16H21F3N4O4S/c1-22(2)20-15(24)11-27-21-13-6-8-23(9-7-13)28(25,26)14-5-3-4-12(10-14)16(17,18)19/h3-6,10,21H,7-9,11H2,1-2H3,(H,20,24). The second-order valence-electron chi connectivity index (χ2n) is 6.19. The van der Waals surface area contributed by atoms with Crippen LogP contribution in [0.25, 0.3) is 0 Å². The molecule has 0 fully saturated rings. The third-order valence-electron chi connectivity index (χ3n) is 3.73. The lowest BCUT2D eigenvalue weighted by atomic mass is 10.2. The summed E-state index contributed by atoms with van der Waals surface area (Å²) >= 11 is 0. The van der Waals surface area contributed by atoms with Gasteiger partial charge in [0.1, 0.15) is 0 Å². The molecule has 0 saturated carbocycles. The van der Waals surface area contributed by atoms with Crippen LogP contribution in [0.3, 0.4) is 0 Å². The molecule has 0 atom stereocenters. The van der Waals surface area contributed by atoms with Crippen LogP contribution in [0.5, 0.6) is 0 Å². The normalized spacial score (nSPS) is 16.0. The summed E-state index contributed by atoms with van der Waals surface area (Å²) in [4.78, 5) is 16.1. The van der Waals surface area contributed by atoms with E-state index in [0.717, 1.165) is 22.5 Å². The van der Waals surface area contributed by atoms with E-state index in [4.69, 9.17) is 4.84 Å². The zero-order valence-corrected chi connectivity index (χ0v) is 16.1. The average molecular weight is 422 g/mol. The first-order valence-corrected chi connectivity index (χ1v) is 9.65. The Morgan fingerprint density at radius 3 is 2.61 bits per heavy atom. The molecule has 1 amide bonds. The maximum Gasteiger partial charge on any atom is 0.416 e. The highest BCUT2D eigenvalue weighted by molar-refractivity contribution is 7.89. The first-order valence-electron chi connectivity index (χ1n) is 8.21. The number of sulfonamides is 1. The van der Waals surface area contributed by atoms with Crippen LogP contribution in [0.15, 0.2) is 40.9 Å². The van der Waals surface area contributed by atoms with E-state index in [1.165, 1.54) is 5.01 Å². The van der Waals surface area contributed by atoms with Crippen LogP contribution in [-0.2, 0) is 25.8 Å². The highest BCUT2D eigenvalue weighted by Crippen LogP contribution is 2.31. The van der Waals surface area contributed by atoms with Crippen molar-refractivity contribution in [1.82, 2.24) is 20.2 Å². The molecular formula is C16H21F3N4O4S. The fraction of sp³-hybridized carbons (Fsp3) is 0.438. The number of hydrogen-bond acceptors (Lipinski definition) is 6. The van der Waals surface area contributed by atoms with Crippen LogP contribution in [-0.4, -0.2) is 57.4 Å². The van der Waals surface area contributed by atoms with E-state index in [-0.39, 0.29) is 32.0 Å². The summed E-state index contributed by atoms with van der Waals surface area (Å²) in [5, 5.41) is 1.46. The Labute approximate surface area is 160 Å². The Kier molecular flexibility index (Phi) is 7.04. The molecule has 2 N–H and O–H groups in total. The lowest BCUT2D eigenvalue weighted by molar-refractivity contribution is -0.137. The maximum atomic E-state index is 12.8. The van der Waals surface area contributed by atoms with Crippen molar-refractivity contribution in [1.29, 1.82) is 0 Å². The fourth-order valence-electron chi connectivity index (χ4n) is 2.42. The highest BCUT2D eigenvalue weighted by atomic mass is 32.2. The van der Waals surface area contributed by atoms with E-state index >= 15 is 0 Å². The number of nitrogens with one attached hydrogen (secondary N) is 2. The van der Waals surface area contributed by atoms with Gasteiger partial charge >= 0.3 is 6.18 Å². The fourth-order valence-corrected chi connectivity index (χ4v) is 3.85. The molecule has 0 aromatic heterocycles. The number of carbonyl (C=O) groups is 1. The van der Waals surface area contributed by atoms with E-state index in [2.05, 4.69) is 10.9 Å². The SMILES string of the molecule is CN(C)NC(=O)CONC1=CCN(S(=O)(=O)c2cccc(C(F)(F)F)c2)CC1. The van der Waals surface area contributed by atoms with Gasteiger partial charge in [-0.05, 0) is 24.3 Å². The lowest BCUT2D eigenvalue weighted by Crippen LogP contribution is -2.40. The summed E-state index contributed by atoms with van der Waals surface area (Å²) in [5.41, 5.74) is 4.62. The predicted octanol–water partition coefficient (Wildman–Crippen LogP) is 1.10. The minimum atomic E-state index is -4.62. The lowest BCUT2D eigenvalue weighted by Gasteiger charge is -2.26. The van der Waals surface area contributed by atoms with Gasteiger partial charge in [0.2, 0.25) is 10.0 Å². The Morgan fingerprint density at radius 1 is 1.32 bits per heavy atom. The highest BCUT2D eigenvalue weighted by Gasteiger charge is 2.33. The van der Waals surface area contributed by atoms with Crippen molar-refractivity contribution in [3.8, 4) is 0 Å². The van der Waals surface area contributed by atoms with Gasteiger partial charge in [-0.15, -0.1) is 0 Å². The van der Waals surface area contributed by atoms with E-state index in [1.54, 1.807) is 20.2 Å². The van der Waals surface area contributed by atoms with E-state index < -0.39 is 26.7 Å². The zero-order valence-electron chi connectivity index (χ0n) is 15.3. The van der Waals surface area contributed by atoms with Crippen LogP contribution in [0.1, 0.15) is 12.0 Å². The molecule has 1 aliphatic heterocycles. The molecule has 8 nitrogen and oxygen atoms in total. The third kappa shape index (κ3) is 5.92. The molecule has 0 unspecified atom stereocenters. The maximum absolute atomic E-state index is 12.8. The van der Waals surface area contributed by atoms with Crippen molar-refractivity contribution in [3.05, 3.63) is 41.6 Å². The van der Waals surface area contributed by atoms with Gasteiger partial charge in [-0.2, -0.15) is 17.5 Å². The molecule has 2 rings (SSSR count). The molecule has 0 saturated heterocycles. The van der Waals surface area contributed by atoms with Crippen LogP contribution in [0.4, 0.5) is 13.2 Å². The molecule has 1 aromatic carbocycles. The monoisotopic (exact) mass is 422 g/mol. The summed E-state index contributed by atoms with van der Waals surface area (Å²) in [7, 11) is -0.771. The molecule has 12 heteroatoms. The van der Waals surface area contributed by atoms with Gasteiger partial charge in [0.25, 0.3) is 5.91 Å². The minimum Gasteiger partial charge on any atom is -0.287 e. The molecule has 0 spiro atoms. The molecule has 28 heavy (non-hydrogen) atoms. The molecule has 1 heterocycles. The van der Waals surface area contributed by atoms with Crippen molar-refractivity contribution < 1.29 is 31.2 Å². The van der Waals surface area contributed by atoms with Crippen LogP contribution in [0.2, 0.25) is 0 Å². The summed E-state index contributed by atoms with van der Waals surface area (Å²) in [6.45, 7) is -0.222. The quantitative estimate of drug-likeness (QED) is 0.640. The molecule has 156 valence electrons. The number of hydroxylamine groups is 1. The smallest absolute Gasteiger partial charge is 0.287 e. The second-order valence-corrected chi connectivity index (χ2v) is 8.13. The topological polar surface area (TPSA) is 91.0 Å². The third-order valence-corrected chi connectivity index (χ3v) is 5.59. The van der Waals surface area contributed by atoms with Crippen molar-refractivity contribution in [2.45, 2.75) is 17.5 Å². The molecular weight excluding hydrogens is 401 g/mol. The van der Waals surface area contributed by atoms with Crippen LogP contribution < -0.4 is 10.9 Å². The first-order chi connectivity index (χ1) is 13.0. The molecule has 0 radical (unpaired) electrons. The molecule has 0 aliphatic carbocycles. The van der Waals surface area contributed by atoms with Gasteiger partial charge in [-0.1, -0.05) is 6.07 Å². The number of benzene rings is 1. The number of amides is 1. The summed E-state index contributed by atoms with van der Waals surface area (Å²) < 4.78 is 64.7. The molecule has 0 bridgehead atoms. The average Bonchev–Trinajstić information content (AvgIpc) is 2.61. The minimum absolute atomic E-state index is 0.0336. The first kappa shape index (κ1) is 22.1. The Balaban J connectivity index is 1.97. The Morgan fingerprint density at radius 2 is 2.04 bits per heavy atom. The second kappa shape index (κ2) is 8.90. The number of halogens is 3. The van der Waals surface area contributed by atoms with Gasteiger partial charge in [0, 0.05) is 39.3 Å². The van der Waals surface area contributed by atoms with Crippen LogP contribution >= 0.6 is 0 Å².